The smallest absolute Gasteiger partial charge is 0.319 e. The summed E-state index contributed by atoms with van der Waals surface area (Å²) in [5.41, 5.74) is 0.720. The number of rotatable bonds is 4. The van der Waals surface area contributed by atoms with Gasteiger partial charge in [-0.05, 0) is 25.0 Å². The normalized spacial score (nSPS) is 12.1. The molecule has 1 atom stereocenters. The highest BCUT2D eigenvalue weighted by atomic mass is 16.5. The summed E-state index contributed by atoms with van der Waals surface area (Å²) in [6.45, 7) is 6.11. The molecule has 0 saturated carbocycles. The fourth-order valence-corrected chi connectivity index (χ4v) is 1.24. The molecule has 0 heterocycles. The molecule has 4 heteroatoms. The molecule has 0 bridgehead atoms. The summed E-state index contributed by atoms with van der Waals surface area (Å²) in [6, 6.07) is 7.21. The SMILES string of the molecule is COc1cccc(NC(=O)NC(C)C(C)C)c1. The van der Waals surface area contributed by atoms with E-state index in [0.29, 0.717) is 5.92 Å². The molecule has 0 aliphatic heterocycles. The van der Waals surface area contributed by atoms with E-state index in [4.69, 9.17) is 4.74 Å². The minimum Gasteiger partial charge on any atom is -0.497 e. The average molecular weight is 236 g/mol. The zero-order valence-corrected chi connectivity index (χ0v) is 10.8. The maximum absolute atomic E-state index is 11.7. The fraction of sp³-hybridized carbons (Fsp3) is 0.462. The lowest BCUT2D eigenvalue weighted by molar-refractivity contribution is 0.246. The number of methoxy groups -OCH3 is 1. The predicted octanol–water partition coefficient (Wildman–Crippen LogP) is 2.86. The Labute approximate surface area is 102 Å². The lowest BCUT2D eigenvalue weighted by Crippen LogP contribution is -2.38. The van der Waals surface area contributed by atoms with Crippen molar-refractivity contribution in [3.8, 4) is 5.75 Å². The van der Waals surface area contributed by atoms with Gasteiger partial charge in [-0.25, -0.2) is 4.79 Å². The Bertz CT molecular complexity index is 377. The van der Waals surface area contributed by atoms with Crippen molar-refractivity contribution in [3.05, 3.63) is 24.3 Å². The van der Waals surface area contributed by atoms with Crippen LogP contribution in [0.25, 0.3) is 0 Å². The van der Waals surface area contributed by atoms with E-state index >= 15 is 0 Å². The van der Waals surface area contributed by atoms with Crippen LogP contribution in [0.1, 0.15) is 20.8 Å². The fourth-order valence-electron chi connectivity index (χ4n) is 1.24. The van der Waals surface area contributed by atoms with Gasteiger partial charge in [0.2, 0.25) is 0 Å². The lowest BCUT2D eigenvalue weighted by atomic mass is 10.1. The molecule has 17 heavy (non-hydrogen) atoms. The number of nitrogens with one attached hydrogen (secondary N) is 2. The van der Waals surface area contributed by atoms with E-state index in [1.807, 2.05) is 25.1 Å². The van der Waals surface area contributed by atoms with Crippen LogP contribution in [-0.4, -0.2) is 19.2 Å². The molecule has 1 aromatic carbocycles. The molecule has 0 fully saturated rings. The summed E-state index contributed by atoms with van der Waals surface area (Å²) in [5, 5.41) is 5.65. The maximum atomic E-state index is 11.7. The van der Waals surface area contributed by atoms with Crippen molar-refractivity contribution in [2.75, 3.05) is 12.4 Å². The molecule has 1 rings (SSSR count). The highest BCUT2D eigenvalue weighted by molar-refractivity contribution is 5.89. The quantitative estimate of drug-likeness (QED) is 0.844. The van der Waals surface area contributed by atoms with Crippen molar-refractivity contribution < 1.29 is 9.53 Å². The van der Waals surface area contributed by atoms with Gasteiger partial charge in [-0.3, -0.25) is 0 Å². The van der Waals surface area contributed by atoms with Crippen molar-refractivity contribution >= 4 is 11.7 Å². The Morgan fingerprint density at radius 3 is 2.59 bits per heavy atom. The number of amides is 2. The van der Waals surface area contributed by atoms with Gasteiger partial charge in [0, 0.05) is 17.8 Å². The highest BCUT2D eigenvalue weighted by Gasteiger charge is 2.10. The van der Waals surface area contributed by atoms with Gasteiger partial charge in [0.15, 0.2) is 0 Å². The van der Waals surface area contributed by atoms with E-state index in [0.717, 1.165) is 11.4 Å². The second-order valence-corrected chi connectivity index (χ2v) is 4.36. The number of carbonyl (C=O) groups is 1. The van der Waals surface area contributed by atoms with Gasteiger partial charge in [-0.1, -0.05) is 19.9 Å². The van der Waals surface area contributed by atoms with Crippen LogP contribution in [0, 0.1) is 5.92 Å². The van der Waals surface area contributed by atoms with E-state index in [-0.39, 0.29) is 12.1 Å². The largest absolute Gasteiger partial charge is 0.497 e. The predicted molar refractivity (Wildman–Crippen MR) is 69.4 cm³/mol. The van der Waals surface area contributed by atoms with Crippen LogP contribution in [0.15, 0.2) is 24.3 Å². The number of benzene rings is 1. The Morgan fingerprint density at radius 2 is 2.00 bits per heavy atom. The second-order valence-electron chi connectivity index (χ2n) is 4.36. The summed E-state index contributed by atoms with van der Waals surface area (Å²) in [6.07, 6.45) is 0. The molecule has 1 aromatic rings. The summed E-state index contributed by atoms with van der Waals surface area (Å²) in [4.78, 5) is 11.7. The third-order valence-electron chi connectivity index (χ3n) is 2.69. The van der Waals surface area contributed by atoms with Crippen LogP contribution in [0.4, 0.5) is 10.5 Å². The minimum absolute atomic E-state index is 0.139. The first-order valence-corrected chi connectivity index (χ1v) is 5.74. The van der Waals surface area contributed by atoms with E-state index in [1.165, 1.54) is 0 Å². The first kappa shape index (κ1) is 13.4. The van der Waals surface area contributed by atoms with Gasteiger partial charge in [-0.15, -0.1) is 0 Å². The first-order valence-electron chi connectivity index (χ1n) is 5.74. The Kier molecular flexibility index (Phi) is 4.82. The molecule has 2 N–H and O–H groups in total. The third-order valence-corrected chi connectivity index (χ3v) is 2.69. The van der Waals surface area contributed by atoms with Crippen molar-refractivity contribution in [2.45, 2.75) is 26.8 Å². The highest BCUT2D eigenvalue weighted by Crippen LogP contribution is 2.16. The number of ether oxygens (including phenoxy) is 1. The van der Waals surface area contributed by atoms with Gasteiger partial charge >= 0.3 is 6.03 Å². The monoisotopic (exact) mass is 236 g/mol. The molecule has 94 valence electrons. The van der Waals surface area contributed by atoms with Crippen LogP contribution in [0.3, 0.4) is 0 Å². The minimum atomic E-state index is -0.195. The number of urea groups is 1. The average Bonchev–Trinajstić information content (AvgIpc) is 2.28. The Hall–Kier alpha value is -1.71. The van der Waals surface area contributed by atoms with E-state index in [9.17, 15) is 4.79 Å². The van der Waals surface area contributed by atoms with Gasteiger partial charge < -0.3 is 15.4 Å². The van der Waals surface area contributed by atoms with Crippen LogP contribution in [-0.2, 0) is 0 Å². The summed E-state index contributed by atoms with van der Waals surface area (Å²) in [7, 11) is 1.60. The zero-order valence-electron chi connectivity index (χ0n) is 10.8. The maximum Gasteiger partial charge on any atom is 0.319 e. The Balaban J connectivity index is 2.55. The number of hydrogen-bond donors (Lipinski definition) is 2. The van der Waals surface area contributed by atoms with Crippen LogP contribution >= 0.6 is 0 Å². The zero-order chi connectivity index (χ0) is 12.8. The van der Waals surface area contributed by atoms with Crippen molar-refractivity contribution in [1.82, 2.24) is 5.32 Å². The molecule has 0 spiro atoms. The summed E-state index contributed by atoms with van der Waals surface area (Å²) in [5.74, 6) is 1.13. The Morgan fingerprint density at radius 1 is 1.29 bits per heavy atom. The number of carbonyl (C=O) groups excluding carboxylic acids is 1. The molecule has 0 aliphatic rings. The molecule has 0 aromatic heterocycles. The molecule has 4 nitrogen and oxygen atoms in total. The third kappa shape index (κ3) is 4.34. The van der Waals surface area contributed by atoms with E-state index in [2.05, 4.69) is 24.5 Å². The van der Waals surface area contributed by atoms with Crippen molar-refractivity contribution in [2.24, 2.45) is 5.92 Å². The van der Waals surface area contributed by atoms with Crippen LogP contribution in [0.2, 0.25) is 0 Å². The van der Waals surface area contributed by atoms with Crippen LogP contribution in [0.5, 0.6) is 5.75 Å². The van der Waals surface area contributed by atoms with Crippen molar-refractivity contribution in [3.63, 3.8) is 0 Å². The molecule has 2 amide bonds. The molecule has 1 unspecified atom stereocenters. The standard InChI is InChI=1S/C13H20N2O2/c1-9(2)10(3)14-13(16)15-11-6-5-7-12(8-11)17-4/h5-10H,1-4H3,(H2,14,15,16). The number of anilines is 1. The summed E-state index contributed by atoms with van der Waals surface area (Å²) < 4.78 is 5.08. The topological polar surface area (TPSA) is 50.4 Å². The molecule has 0 radical (unpaired) electrons. The van der Waals surface area contributed by atoms with E-state index < -0.39 is 0 Å². The van der Waals surface area contributed by atoms with Gasteiger partial charge in [0.1, 0.15) is 5.75 Å². The van der Waals surface area contributed by atoms with Gasteiger partial charge in [0.05, 0.1) is 7.11 Å². The number of hydrogen-bond acceptors (Lipinski definition) is 2. The molecular formula is C13H20N2O2. The molecule has 0 saturated heterocycles. The van der Waals surface area contributed by atoms with Gasteiger partial charge in [-0.2, -0.15) is 0 Å². The van der Waals surface area contributed by atoms with Crippen molar-refractivity contribution in [1.29, 1.82) is 0 Å². The molecule has 0 aliphatic carbocycles. The second kappa shape index (κ2) is 6.13. The molecular weight excluding hydrogens is 216 g/mol. The van der Waals surface area contributed by atoms with Gasteiger partial charge in [0.25, 0.3) is 0 Å². The lowest BCUT2D eigenvalue weighted by Gasteiger charge is -2.17. The van der Waals surface area contributed by atoms with E-state index in [1.54, 1.807) is 13.2 Å². The van der Waals surface area contributed by atoms with Crippen LogP contribution < -0.4 is 15.4 Å². The first-order chi connectivity index (χ1) is 8.02. The summed E-state index contributed by atoms with van der Waals surface area (Å²) >= 11 is 0.